The van der Waals surface area contributed by atoms with Gasteiger partial charge in [0.1, 0.15) is 6.04 Å². The lowest BCUT2D eigenvalue weighted by atomic mass is 9.98. The molecule has 0 radical (unpaired) electrons. The fourth-order valence-electron chi connectivity index (χ4n) is 1.03. The summed E-state index contributed by atoms with van der Waals surface area (Å²) in [5, 5.41) is 8.50. The zero-order valence-corrected chi connectivity index (χ0v) is 8.36. The molecule has 13 heavy (non-hydrogen) atoms. The number of carboxylic acids is 1. The molecule has 0 saturated heterocycles. The molecule has 1 unspecified atom stereocenters. The summed E-state index contributed by atoms with van der Waals surface area (Å²) < 4.78 is 0. The Bertz CT molecular complexity index is 160. The molecule has 0 aromatic heterocycles. The van der Waals surface area contributed by atoms with Crippen LogP contribution >= 0.6 is 0 Å². The molecular formula is C9H20N2O2. The van der Waals surface area contributed by atoms with Crippen LogP contribution in [0.25, 0.3) is 0 Å². The number of carbonyl (C=O) groups is 1. The molecule has 0 bridgehead atoms. The Morgan fingerprint density at radius 2 is 1.85 bits per heavy atom. The van der Waals surface area contributed by atoms with Gasteiger partial charge in [0, 0.05) is 6.04 Å². The summed E-state index contributed by atoms with van der Waals surface area (Å²) in [6, 6.07) is -0.583. The summed E-state index contributed by atoms with van der Waals surface area (Å²) in [7, 11) is 0. The van der Waals surface area contributed by atoms with Crippen LogP contribution in [0.1, 0.15) is 33.1 Å². The van der Waals surface area contributed by atoms with Crippen molar-refractivity contribution >= 4 is 5.97 Å². The zero-order chi connectivity index (χ0) is 10.4. The van der Waals surface area contributed by atoms with Crippen molar-refractivity contribution in [2.45, 2.75) is 45.2 Å². The Morgan fingerprint density at radius 3 is 2.23 bits per heavy atom. The maximum absolute atomic E-state index is 10.4. The molecule has 0 amide bonds. The highest BCUT2D eigenvalue weighted by atomic mass is 16.4. The summed E-state index contributed by atoms with van der Waals surface area (Å²) in [6.45, 7) is 4.11. The van der Waals surface area contributed by atoms with Crippen molar-refractivity contribution in [3.63, 3.8) is 0 Å². The summed E-state index contributed by atoms with van der Waals surface area (Å²) in [5.74, 6) is -0.487. The van der Waals surface area contributed by atoms with E-state index >= 15 is 0 Å². The van der Waals surface area contributed by atoms with E-state index in [0.717, 1.165) is 12.8 Å². The van der Waals surface area contributed by atoms with Crippen LogP contribution in [0.5, 0.6) is 0 Å². The summed E-state index contributed by atoms with van der Waals surface area (Å²) in [5.41, 5.74) is 11.1. The van der Waals surface area contributed by atoms with Gasteiger partial charge in [-0.3, -0.25) is 4.79 Å². The molecule has 2 atom stereocenters. The van der Waals surface area contributed by atoms with Crippen LogP contribution < -0.4 is 11.5 Å². The lowest BCUT2D eigenvalue weighted by molar-refractivity contribution is -0.138. The van der Waals surface area contributed by atoms with Gasteiger partial charge in [0.15, 0.2) is 0 Å². The Balaban J connectivity index is 3.50. The first-order valence-electron chi connectivity index (χ1n) is 4.69. The molecule has 0 rings (SSSR count). The maximum atomic E-state index is 10.4. The largest absolute Gasteiger partial charge is 0.480 e. The van der Waals surface area contributed by atoms with Crippen molar-refractivity contribution in [3.05, 3.63) is 0 Å². The van der Waals surface area contributed by atoms with Gasteiger partial charge in [0.25, 0.3) is 0 Å². The number of nitrogens with two attached hydrogens (primary N) is 2. The monoisotopic (exact) mass is 188 g/mol. The minimum absolute atomic E-state index is 0.154. The standard InChI is InChI=1S/C9H20N2O2/c1-6(2)7(10)4-3-5-8(11)9(12)13/h6-8H,3-5,10-11H2,1-2H3,(H,12,13)/t7?,8-/m1/s1. The lowest BCUT2D eigenvalue weighted by Crippen LogP contribution is -2.31. The van der Waals surface area contributed by atoms with Crippen LogP contribution in [0.2, 0.25) is 0 Å². The maximum Gasteiger partial charge on any atom is 0.320 e. The van der Waals surface area contributed by atoms with Gasteiger partial charge in [0.05, 0.1) is 0 Å². The molecule has 0 aliphatic carbocycles. The van der Waals surface area contributed by atoms with E-state index in [-0.39, 0.29) is 6.04 Å². The molecule has 78 valence electrons. The van der Waals surface area contributed by atoms with E-state index in [1.54, 1.807) is 0 Å². The third-order valence-corrected chi connectivity index (χ3v) is 2.23. The fourth-order valence-corrected chi connectivity index (χ4v) is 1.03. The predicted molar refractivity (Wildman–Crippen MR) is 52.3 cm³/mol. The smallest absolute Gasteiger partial charge is 0.320 e. The van der Waals surface area contributed by atoms with E-state index < -0.39 is 12.0 Å². The molecule has 0 aliphatic rings. The van der Waals surface area contributed by atoms with Crippen LogP contribution in [0.3, 0.4) is 0 Å². The van der Waals surface area contributed by atoms with Gasteiger partial charge < -0.3 is 16.6 Å². The lowest BCUT2D eigenvalue weighted by Gasteiger charge is -2.15. The quantitative estimate of drug-likeness (QED) is 0.568. The molecular weight excluding hydrogens is 168 g/mol. The van der Waals surface area contributed by atoms with E-state index in [4.69, 9.17) is 16.6 Å². The number of carboxylic acid groups (broad SMARTS) is 1. The second-order valence-electron chi connectivity index (χ2n) is 3.78. The fraction of sp³-hybridized carbons (Fsp3) is 0.889. The van der Waals surface area contributed by atoms with Crippen molar-refractivity contribution in [1.82, 2.24) is 0 Å². The van der Waals surface area contributed by atoms with Crippen LogP contribution in [0.15, 0.2) is 0 Å². The molecule has 4 heteroatoms. The summed E-state index contributed by atoms with van der Waals surface area (Å²) >= 11 is 0. The Kier molecular flexibility index (Phi) is 5.66. The van der Waals surface area contributed by atoms with Crippen LogP contribution in [-0.4, -0.2) is 23.2 Å². The van der Waals surface area contributed by atoms with Gasteiger partial charge in [-0.25, -0.2) is 0 Å². The SMILES string of the molecule is CC(C)C(N)CCC[C@@H](N)C(=O)O. The predicted octanol–water partition coefficient (Wildman–Crippen LogP) is 0.552. The van der Waals surface area contributed by atoms with Gasteiger partial charge in [-0.2, -0.15) is 0 Å². The normalized spacial score (nSPS) is 15.8. The van der Waals surface area contributed by atoms with E-state index in [9.17, 15) is 4.79 Å². The minimum atomic E-state index is -0.932. The first-order valence-corrected chi connectivity index (χ1v) is 4.69. The van der Waals surface area contributed by atoms with Gasteiger partial charge in [-0.1, -0.05) is 13.8 Å². The topological polar surface area (TPSA) is 89.3 Å². The molecule has 0 saturated carbocycles. The van der Waals surface area contributed by atoms with Gasteiger partial charge in [-0.15, -0.1) is 0 Å². The average Bonchev–Trinajstić information content (AvgIpc) is 2.03. The molecule has 4 nitrogen and oxygen atoms in total. The van der Waals surface area contributed by atoms with E-state index in [0.29, 0.717) is 12.3 Å². The van der Waals surface area contributed by atoms with Crippen molar-refractivity contribution in [2.24, 2.45) is 17.4 Å². The van der Waals surface area contributed by atoms with E-state index in [1.165, 1.54) is 0 Å². The highest BCUT2D eigenvalue weighted by Crippen LogP contribution is 2.08. The Labute approximate surface area is 79.3 Å². The number of hydrogen-bond acceptors (Lipinski definition) is 3. The number of rotatable bonds is 6. The van der Waals surface area contributed by atoms with Gasteiger partial charge in [0.2, 0.25) is 0 Å². The molecule has 0 aliphatic heterocycles. The van der Waals surface area contributed by atoms with Crippen molar-refractivity contribution in [2.75, 3.05) is 0 Å². The van der Waals surface area contributed by atoms with Gasteiger partial charge in [-0.05, 0) is 25.2 Å². The van der Waals surface area contributed by atoms with Crippen molar-refractivity contribution in [3.8, 4) is 0 Å². The molecule has 0 fully saturated rings. The summed E-state index contributed by atoms with van der Waals surface area (Å²) in [4.78, 5) is 10.4. The molecule has 0 aromatic rings. The van der Waals surface area contributed by atoms with Crippen molar-refractivity contribution < 1.29 is 9.90 Å². The number of aliphatic carboxylic acids is 1. The van der Waals surface area contributed by atoms with E-state index in [2.05, 4.69) is 13.8 Å². The average molecular weight is 188 g/mol. The van der Waals surface area contributed by atoms with Crippen LogP contribution in [0, 0.1) is 5.92 Å². The minimum Gasteiger partial charge on any atom is -0.480 e. The summed E-state index contributed by atoms with van der Waals surface area (Å²) in [6.07, 6.45) is 2.14. The third-order valence-electron chi connectivity index (χ3n) is 2.23. The van der Waals surface area contributed by atoms with Crippen LogP contribution in [0.4, 0.5) is 0 Å². The first kappa shape index (κ1) is 12.4. The second kappa shape index (κ2) is 5.94. The Hall–Kier alpha value is -0.610. The molecule has 0 spiro atoms. The van der Waals surface area contributed by atoms with Crippen molar-refractivity contribution in [1.29, 1.82) is 0 Å². The number of hydrogen-bond donors (Lipinski definition) is 3. The molecule has 0 aromatic carbocycles. The first-order chi connectivity index (χ1) is 5.95. The highest BCUT2D eigenvalue weighted by molar-refractivity contribution is 5.72. The zero-order valence-electron chi connectivity index (χ0n) is 8.36. The van der Waals surface area contributed by atoms with E-state index in [1.807, 2.05) is 0 Å². The Morgan fingerprint density at radius 1 is 1.31 bits per heavy atom. The van der Waals surface area contributed by atoms with Gasteiger partial charge >= 0.3 is 5.97 Å². The highest BCUT2D eigenvalue weighted by Gasteiger charge is 2.12. The molecule has 0 heterocycles. The molecule has 5 N–H and O–H groups in total. The third kappa shape index (κ3) is 5.60. The second-order valence-corrected chi connectivity index (χ2v) is 3.78. The van der Waals surface area contributed by atoms with Crippen LogP contribution in [-0.2, 0) is 4.79 Å².